The normalized spacial score (nSPS) is 16.3. The SMILES string of the molecule is COc1ccc(OC)c2c(N3CC[NH+](C)CC3)cc(C(F)(F)F)[nH+]c12. The number of hydrogen-bond donors (Lipinski definition) is 1. The van der Waals surface area contributed by atoms with Crippen LogP contribution >= 0.6 is 0 Å². The molecule has 0 saturated carbocycles. The number of quaternary nitrogens is 1. The van der Waals surface area contributed by atoms with Crippen molar-refractivity contribution in [3.63, 3.8) is 0 Å². The van der Waals surface area contributed by atoms with Crippen molar-refractivity contribution in [1.29, 1.82) is 0 Å². The van der Waals surface area contributed by atoms with Gasteiger partial charge in [-0.2, -0.15) is 18.2 Å². The second kappa shape index (κ2) is 6.59. The number of aromatic nitrogens is 1. The number of benzene rings is 1. The molecule has 0 atom stereocenters. The first-order chi connectivity index (χ1) is 11.8. The highest BCUT2D eigenvalue weighted by Crippen LogP contribution is 2.40. The zero-order chi connectivity index (χ0) is 18.2. The number of pyridine rings is 1. The first-order valence-electron chi connectivity index (χ1n) is 8.09. The smallest absolute Gasteiger partial charge is 0.477 e. The van der Waals surface area contributed by atoms with Crippen molar-refractivity contribution in [2.45, 2.75) is 6.18 Å². The van der Waals surface area contributed by atoms with E-state index in [1.165, 1.54) is 25.2 Å². The van der Waals surface area contributed by atoms with Crippen LogP contribution in [0.15, 0.2) is 18.2 Å². The van der Waals surface area contributed by atoms with E-state index in [-0.39, 0.29) is 5.52 Å². The number of H-pyrrole nitrogens is 1. The molecule has 0 bridgehead atoms. The summed E-state index contributed by atoms with van der Waals surface area (Å²) in [4.78, 5) is 5.84. The van der Waals surface area contributed by atoms with Crippen LogP contribution in [0.3, 0.4) is 0 Å². The number of halogens is 3. The summed E-state index contributed by atoms with van der Waals surface area (Å²) in [7, 11) is 5.03. The molecule has 1 aromatic heterocycles. The van der Waals surface area contributed by atoms with E-state index in [4.69, 9.17) is 9.47 Å². The summed E-state index contributed by atoms with van der Waals surface area (Å²) in [6.07, 6.45) is -4.48. The number of nitrogens with one attached hydrogen (secondary N) is 2. The number of piperazine rings is 1. The lowest BCUT2D eigenvalue weighted by Gasteiger charge is -2.32. The minimum absolute atomic E-state index is 0.290. The van der Waals surface area contributed by atoms with Gasteiger partial charge in [0.1, 0.15) is 11.1 Å². The summed E-state index contributed by atoms with van der Waals surface area (Å²) in [5, 5.41) is 0.606. The van der Waals surface area contributed by atoms with Crippen molar-refractivity contribution in [2.24, 2.45) is 0 Å². The molecule has 1 aliphatic heterocycles. The Morgan fingerprint density at radius 2 is 1.68 bits per heavy atom. The van der Waals surface area contributed by atoms with Crippen LogP contribution in [0, 0.1) is 0 Å². The molecule has 2 aromatic rings. The monoisotopic (exact) mass is 357 g/mol. The highest BCUT2D eigenvalue weighted by molar-refractivity contribution is 5.98. The van der Waals surface area contributed by atoms with E-state index in [0.29, 0.717) is 35.7 Å². The van der Waals surface area contributed by atoms with Crippen LogP contribution in [0.4, 0.5) is 18.9 Å². The summed E-state index contributed by atoms with van der Waals surface area (Å²) in [6.45, 7) is 3.10. The molecule has 5 nitrogen and oxygen atoms in total. The number of aromatic amines is 1. The Morgan fingerprint density at radius 3 is 2.24 bits per heavy atom. The van der Waals surface area contributed by atoms with Crippen molar-refractivity contribution in [2.75, 3.05) is 52.3 Å². The van der Waals surface area contributed by atoms with E-state index in [1.54, 1.807) is 12.1 Å². The molecule has 0 aliphatic carbocycles. The molecule has 1 aliphatic rings. The van der Waals surface area contributed by atoms with Gasteiger partial charge in [-0.1, -0.05) is 0 Å². The molecular weight excluding hydrogens is 335 g/mol. The molecular formula is C17H22F3N3O2+2. The molecule has 0 amide bonds. The van der Waals surface area contributed by atoms with Gasteiger partial charge in [0.25, 0.3) is 11.2 Å². The van der Waals surface area contributed by atoms with Gasteiger partial charge in [-0.25, -0.2) is 0 Å². The maximum Gasteiger partial charge on any atom is 0.477 e. The van der Waals surface area contributed by atoms with E-state index in [9.17, 15) is 13.2 Å². The number of nitrogens with zero attached hydrogens (tertiary/aromatic N) is 1. The summed E-state index contributed by atoms with van der Waals surface area (Å²) in [6, 6.07) is 4.49. The average Bonchev–Trinajstić information content (AvgIpc) is 2.59. The lowest BCUT2D eigenvalue weighted by Crippen LogP contribution is -3.12. The number of ether oxygens (including phenoxy) is 2. The number of likely N-dealkylation sites (N-methyl/N-ethyl adjacent to an activating group) is 1. The van der Waals surface area contributed by atoms with E-state index in [2.05, 4.69) is 12.0 Å². The van der Waals surface area contributed by atoms with Gasteiger partial charge in [0.2, 0.25) is 0 Å². The van der Waals surface area contributed by atoms with Crippen molar-refractivity contribution in [1.82, 2.24) is 0 Å². The maximum absolute atomic E-state index is 13.4. The first-order valence-corrected chi connectivity index (χ1v) is 8.09. The molecule has 25 heavy (non-hydrogen) atoms. The topological polar surface area (TPSA) is 40.3 Å². The van der Waals surface area contributed by atoms with Gasteiger partial charge in [0, 0.05) is 6.07 Å². The Balaban J connectivity index is 2.27. The van der Waals surface area contributed by atoms with Crippen molar-refractivity contribution < 1.29 is 32.5 Å². The molecule has 136 valence electrons. The van der Waals surface area contributed by atoms with Gasteiger partial charge in [0.05, 0.1) is 53.1 Å². The van der Waals surface area contributed by atoms with Crippen molar-refractivity contribution in [3.05, 3.63) is 23.9 Å². The molecule has 2 heterocycles. The Morgan fingerprint density at radius 1 is 1.08 bits per heavy atom. The average molecular weight is 357 g/mol. The minimum atomic E-state index is -4.48. The van der Waals surface area contributed by atoms with Crippen LogP contribution in [-0.4, -0.2) is 47.4 Å². The van der Waals surface area contributed by atoms with Crippen LogP contribution < -0.4 is 24.3 Å². The third-order valence-electron chi connectivity index (χ3n) is 4.63. The van der Waals surface area contributed by atoms with Gasteiger partial charge >= 0.3 is 6.18 Å². The molecule has 3 rings (SSSR count). The number of anilines is 1. The number of methoxy groups -OCH3 is 2. The molecule has 0 unspecified atom stereocenters. The lowest BCUT2D eigenvalue weighted by atomic mass is 10.1. The maximum atomic E-state index is 13.4. The fraction of sp³-hybridized carbons (Fsp3) is 0.471. The number of rotatable bonds is 3. The molecule has 0 radical (unpaired) electrons. The summed E-state index contributed by atoms with van der Waals surface area (Å²) >= 11 is 0. The van der Waals surface area contributed by atoms with E-state index in [0.717, 1.165) is 13.1 Å². The van der Waals surface area contributed by atoms with Crippen LogP contribution in [0.2, 0.25) is 0 Å². The fourth-order valence-corrected chi connectivity index (χ4v) is 3.19. The molecule has 1 saturated heterocycles. The third kappa shape index (κ3) is 3.30. The number of alkyl halides is 3. The first kappa shape index (κ1) is 17.6. The van der Waals surface area contributed by atoms with E-state index in [1.807, 2.05) is 4.90 Å². The second-order valence-electron chi connectivity index (χ2n) is 6.23. The summed E-state index contributed by atoms with van der Waals surface area (Å²) in [5.41, 5.74) is 0.00935. The standard InChI is InChI=1S/C17H20F3N3O2/c1-22-6-8-23(9-7-22)11-10-14(17(18,19)20)21-16-13(25-3)5-4-12(24-2)15(11)16/h4-5,10H,6-9H2,1-3H3/p+2. The van der Waals surface area contributed by atoms with Crippen molar-refractivity contribution >= 4 is 16.6 Å². The van der Waals surface area contributed by atoms with Crippen LogP contribution in [-0.2, 0) is 6.18 Å². The van der Waals surface area contributed by atoms with Gasteiger partial charge in [-0.15, -0.1) is 0 Å². The van der Waals surface area contributed by atoms with E-state index >= 15 is 0 Å². The zero-order valence-electron chi connectivity index (χ0n) is 14.5. The van der Waals surface area contributed by atoms with Crippen molar-refractivity contribution in [3.8, 4) is 11.5 Å². The largest absolute Gasteiger partial charge is 0.496 e. The molecule has 2 N–H and O–H groups in total. The van der Waals surface area contributed by atoms with Crippen LogP contribution in [0.25, 0.3) is 10.9 Å². The third-order valence-corrected chi connectivity index (χ3v) is 4.63. The van der Waals surface area contributed by atoms with Gasteiger partial charge in [0.15, 0.2) is 5.75 Å². The highest BCUT2D eigenvalue weighted by Gasteiger charge is 2.40. The lowest BCUT2D eigenvalue weighted by molar-refractivity contribution is -0.880. The van der Waals surface area contributed by atoms with E-state index < -0.39 is 11.9 Å². The minimum Gasteiger partial charge on any atom is -0.496 e. The predicted molar refractivity (Wildman–Crippen MR) is 87.4 cm³/mol. The Labute approximate surface area is 143 Å². The van der Waals surface area contributed by atoms with Crippen LogP contribution in [0.5, 0.6) is 11.5 Å². The zero-order valence-corrected chi connectivity index (χ0v) is 14.5. The molecule has 1 aromatic carbocycles. The Kier molecular flexibility index (Phi) is 4.64. The summed E-state index contributed by atoms with van der Waals surface area (Å²) < 4.78 is 50.9. The predicted octanol–water partition coefficient (Wildman–Crippen LogP) is 1.02. The fourth-order valence-electron chi connectivity index (χ4n) is 3.19. The summed E-state index contributed by atoms with van der Waals surface area (Å²) in [5.74, 6) is 0.866. The highest BCUT2D eigenvalue weighted by atomic mass is 19.4. The molecule has 8 heteroatoms. The number of hydrogen-bond acceptors (Lipinski definition) is 3. The second-order valence-corrected chi connectivity index (χ2v) is 6.23. The molecule has 0 spiro atoms. The van der Waals surface area contributed by atoms with Gasteiger partial charge in [-0.05, 0) is 12.1 Å². The Bertz CT molecular complexity index is 772. The quantitative estimate of drug-likeness (QED) is 0.892. The van der Waals surface area contributed by atoms with Crippen LogP contribution in [0.1, 0.15) is 5.69 Å². The van der Waals surface area contributed by atoms with Gasteiger partial charge in [-0.3, -0.25) is 0 Å². The molecule has 1 fully saturated rings. The number of fused-ring (bicyclic) bond motifs is 1. The Hall–Kier alpha value is -2.22. The van der Waals surface area contributed by atoms with Gasteiger partial charge < -0.3 is 19.3 Å².